The summed E-state index contributed by atoms with van der Waals surface area (Å²) in [7, 11) is 0. The minimum absolute atomic E-state index is 0.175. The summed E-state index contributed by atoms with van der Waals surface area (Å²) in [5.41, 5.74) is 0. The van der Waals surface area contributed by atoms with Crippen molar-refractivity contribution < 1.29 is 18.3 Å². The first-order valence-corrected chi connectivity index (χ1v) is 6.20. The Morgan fingerprint density at radius 2 is 2.11 bits per heavy atom. The molecule has 1 aromatic heterocycles. The monoisotopic (exact) mass is 257 g/mol. The van der Waals surface area contributed by atoms with Gasteiger partial charge >= 0.3 is 5.97 Å². The molecule has 5 heteroatoms. The molecule has 1 aliphatic rings. The predicted molar refractivity (Wildman–Crippen MR) is 62.4 cm³/mol. The van der Waals surface area contributed by atoms with E-state index < -0.39 is 17.9 Å². The van der Waals surface area contributed by atoms with Gasteiger partial charge in [-0.15, -0.1) is 0 Å². The summed E-state index contributed by atoms with van der Waals surface area (Å²) in [6.07, 6.45) is 3.07. The Kier molecular flexibility index (Phi) is 3.68. The largest absolute Gasteiger partial charge is 0.466 e. The van der Waals surface area contributed by atoms with Gasteiger partial charge in [-0.05, 0) is 25.5 Å². The lowest BCUT2D eigenvalue weighted by Gasteiger charge is -2.35. The van der Waals surface area contributed by atoms with E-state index in [1.54, 1.807) is 36.0 Å². The first kappa shape index (κ1) is 13.1. The number of esters is 1. The van der Waals surface area contributed by atoms with Crippen molar-refractivity contribution in [2.75, 3.05) is 6.61 Å². The smallest absolute Gasteiger partial charge is 0.311 e. The number of halogens is 2. The van der Waals surface area contributed by atoms with Crippen molar-refractivity contribution in [1.29, 1.82) is 0 Å². The number of alkyl halides is 2. The molecule has 18 heavy (non-hydrogen) atoms. The third-order valence-electron chi connectivity index (χ3n) is 3.39. The number of carbonyl (C=O) groups excluding carboxylic acids is 1. The van der Waals surface area contributed by atoms with Crippen LogP contribution in [0.2, 0.25) is 0 Å². The van der Waals surface area contributed by atoms with E-state index in [1.807, 2.05) is 0 Å². The van der Waals surface area contributed by atoms with Crippen molar-refractivity contribution in [3.8, 4) is 0 Å². The summed E-state index contributed by atoms with van der Waals surface area (Å²) in [6.45, 7) is 2.00. The lowest BCUT2D eigenvalue weighted by Crippen LogP contribution is -2.38. The molecule has 100 valence electrons. The second-order valence-corrected chi connectivity index (χ2v) is 4.65. The third-order valence-corrected chi connectivity index (χ3v) is 3.39. The summed E-state index contributed by atoms with van der Waals surface area (Å²) in [4.78, 5) is 11.8. The average Bonchev–Trinajstić information content (AvgIpc) is 2.81. The number of rotatable bonds is 3. The zero-order valence-electron chi connectivity index (χ0n) is 10.3. The summed E-state index contributed by atoms with van der Waals surface area (Å²) < 4.78 is 33.7. The topological polar surface area (TPSA) is 31.2 Å². The maximum absolute atomic E-state index is 13.5. The highest BCUT2D eigenvalue weighted by molar-refractivity contribution is 5.73. The van der Waals surface area contributed by atoms with Crippen LogP contribution in [0, 0.1) is 5.92 Å². The number of hydrogen-bond acceptors (Lipinski definition) is 2. The molecule has 0 N–H and O–H groups in total. The maximum Gasteiger partial charge on any atom is 0.311 e. The molecule has 0 bridgehead atoms. The van der Waals surface area contributed by atoms with E-state index in [0.717, 1.165) is 0 Å². The summed E-state index contributed by atoms with van der Waals surface area (Å²) in [5.74, 6) is -3.54. The van der Waals surface area contributed by atoms with Gasteiger partial charge in [-0.25, -0.2) is 8.78 Å². The van der Waals surface area contributed by atoms with Gasteiger partial charge in [0.2, 0.25) is 5.92 Å². The SMILES string of the molecule is CCOC(=O)C1CCC(F)(F)CC1n1cccc1. The molecule has 0 aromatic carbocycles. The van der Waals surface area contributed by atoms with Crippen molar-refractivity contribution in [2.24, 2.45) is 5.92 Å². The summed E-state index contributed by atoms with van der Waals surface area (Å²) in [6, 6.07) is 3.03. The molecule has 1 heterocycles. The lowest BCUT2D eigenvalue weighted by atomic mass is 9.82. The van der Waals surface area contributed by atoms with Crippen LogP contribution >= 0.6 is 0 Å². The van der Waals surface area contributed by atoms with Crippen molar-refractivity contribution in [2.45, 2.75) is 38.2 Å². The molecule has 1 fully saturated rings. The zero-order chi connectivity index (χ0) is 13.2. The van der Waals surface area contributed by atoms with Gasteiger partial charge in [0.1, 0.15) is 0 Å². The van der Waals surface area contributed by atoms with Crippen LogP contribution in [0.5, 0.6) is 0 Å². The second-order valence-electron chi connectivity index (χ2n) is 4.65. The van der Waals surface area contributed by atoms with Crippen LogP contribution in [0.4, 0.5) is 8.78 Å². The fraction of sp³-hybridized carbons (Fsp3) is 0.615. The Balaban J connectivity index is 2.20. The van der Waals surface area contributed by atoms with Gasteiger partial charge in [0.15, 0.2) is 0 Å². The number of carbonyl (C=O) groups is 1. The van der Waals surface area contributed by atoms with E-state index in [4.69, 9.17) is 4.74 Å². The summed E-state index contributed by atoms with van der Waals surface area (Å²) in [5, 5.41) is 0. The van der Waals surface area contributed by atoms with Gasteiger partial charge in [0, 0.05) is 25.2 Å². The van der Waals surface area contributed by atoms with Crippen molar-refractivity contribution >= 4 is 5.97 Å². The molecule has 0 radical (unpaired) electrons. The highest BCUT2D eigenvalue weighted by Gasteiger charge is 2.45. The molecule has 0 spiro atoms. The van der Waals surface area contributed by atoms with E-state index in [9.17, 15) is 13.6 Å². The third kappa shape index (κ3) is 2.71. The van der Waals surface area contributed by atoms with Crippen LogP contribution in [-0.4, -0.2) is 23.1 Å². The molecule has 0 aliphatic heterocycles. The van der Waals surface area contributed by atoms with Crippen LogP contribution in [0.15, 0.2) is 24.5 Å². The van der Waals surface area contributed by atoms with Crippen molar-refractivity contribution in [1.82, 2.24) is 4.57 Å². The molecule has 1 saturated carbocycles. The van der Waals surface area contributed by atoms with Crippen LogP contribution in [-0.2, 0) is 9.53 Å². The highest BCUT2D eigenvalue weighted by Crippen LogP contribution is 2.43. The Bertz CT molecular complexity index is 403. The number of hydrogen-bond donors (Lipinski definition) is 0. The van der Waals surface area contributed by atoms with E-state index in [1.165, 1.54) is 0 Å². The lowest BCUT2D eigenvalue weighted by molar-refractivity contribution is -0.155. The molecule has 2 unspecified atom stereocenters. The number of aromatic nitrogens is 1. The van der Waals surface area contributed by atoms with Gasteiger partial charge in [-0.3, -0.25) is 4.79 Å². The first-order chi connectivity index (χ1) is 8.53. The van der Waals surface area contributed by atoms with Crippen molar-refractivity contribution in [3.63, 3.8) is 0 Å². The van der Waals surface area contributed by atoms with Crippen molar-refractivity contribution in [3.05, 3.63) is 24.5 Å². The molecule has 1 aromatic rings. The summed E-state index contributed by atoms with van der Waals surface area (Å²) >= 11 is 0. The highest BCUT2D eigenvalue weighted by atomic mass is 19.3. The molecular weight excluding hydrogens is 240 g/mol. The standard InChI is InChI=1S/C13H17F2NO2/c1-2-18-12(17)10-5-6-13(14,15)9-11(10)16-7-3-4-8-16/h3-4,7-8,10-11H,2,5-6,9H2,1H3. The molecule has 2 atom stereocenters. The first-order valence-electron chi connectivity index (χ1n) is 6.20. The van der Waals surface area contributed by atoms with E-state index in [2.05, 4.69) is 0 Å². The van der Waals surface area contributed by atoms with Crippen LogP contribution in [0.1, 0.15) is 32.2 Å². The Morgan fingerprint density at radius 3 is 2.72 bits per heavy atom. The minimum Gasteiger partial charge on any atom is -0.466 e. The molecule has 2 rings (SSSR count). The van der Waals surface area contributed by atoms with E-state index >= 15 is 0 Å². The van der Waals surface area contributed by atoms with Crippen LogP contribution in [0.25, 0.3) is 0 Å². The Labute approximate surface area is 105 Å². The maximum atomic E-state index is 13.5. The fourth-order valence-electron chi connectivity index (χ4n) is 2.52. The normalized spacial score (nSPS) is 26.8. The Hall–Kier alpha value is -1.39. The molecule has 1 aliphatic carbocycles. The molecule has 3 nitrogen and oxygen atoms in total. The van der Waals surface area contributed by atoms with Gasteiger partial charge in [-0.2, -0.15) is 0 Å². The zero-order valence-corrected chi connectivity index (χ0v) is 10.3. The fourth-order valence-corrected chi connectivity index (χ4v) is 2.52. The van der Waals surface area contributed by atoms with Gasteiger partial charge in [0.05, 0.1) is 18.6 Å². The minimum atomic E-state index is -2.70. The second kappa shape index (κ2) is 5.08. The van der Waals surface area contributed by atoms with E-state index in [0.29, 0.717) is 0 Å². The van der Waals surface area contributed by atoms with E-state index in [-0.39, 0.29) is 31.8 Å². The van der Waals surface area contributed by atoms with Gasteiger partial charge < -0.3 is 9.30 Å². The van der Waals surface area contributed by atoms with Crippen LogP contribution < -0.4 is 0 Å². The number of nitrogens with zero attached hydrogens (tertiary/aromatic N) is 1. The Morgan fingerprint density at radius 1 is 1.44 bits per heavy atom. The van der Waals surface area contributed by atoms with Gasteiger partial charge in [0.25, 0.3) is 0 Å². The predicted octanol–water partition coefficient (Wildman–Crippen LogP) is 3.03. The average molecular weight is 257 g/mol. The molecule has 0 saturated heterocycles. The quantitative estimate of drug-likeness (QED) is 0.779. The van der Waals surface area contributed by atoms with Gasteiger partial charge in [-0.1, -0.05) is 0 Å². The van der Waals surface area contributed by atoms with Crippen LogP contribution in [0.3, 0.4) is 0 Å². The number of ether oxygens (including phenoxy) is 1. The molecule has 0 amide bonds. The molecular formula is C13H17F2NO2.